The van der Waals surface area contributed by atoms with Gasteiger partial charge in [-0.1, -0.05) is 81.4 Å². The van der Waals surface area contributed by atoms with Crippen LogP contribution in [-0.2, 0) is 14.0 Å². The molecule has 1 saturated carbocycles. The smallest absolute Gasteiger partial charge is 0.331 e. The molecule has 0 radical (unpaired) electrons. The average molecular weight is 439 g/mol. The van der Waals surface area contributed by atoms with Gasteiger partial charge in [0.2, 0.25) is 0 Å². The molecule has 0 amide bonds. The number of carbonyl (C=O) groups is 1. The number of benzene rings is 2. The molecule has 0 heterocycles. The summed E-state index contributed by atoms with van der Waals surface area (Å²) in [5.41, 5.74) is 0. The van der Waals surface area contributed by atoms with E-state index < -0.39 is 14.3 Å². The van der Waals surface area contributed by atoms with E-state index in [4.69, 9.17) is 14.3 Å². The lowest BCUT2D eigenvalue weighted by Gasteiger charge is -2.44. The summed E-state index contributed by atoms with van der Waals surface area (Å²) in [5.74, 6) is -0.489. The highest BCUT2D eigenvalue weighted by Gasteiger charge is 2.50. The third-order valence-electron chi connectivity index (χ3n) is 6.23. The molecule has 0 aromatic heterocycles. The first-order chi connectivity index (χ1) is 14.8. The molecular weight excluding hydrogens is 404 g/mol. The van der Waals surface area contributed by atoms with Crippen molar-refractivity contribution >= 4 is 24.7 Å². The zero-order valence-corrected chi connectivity index (χ0v) is 19.8. The highest BCUT2D eigenvalue weighted by Crippen LogP contribution is 2.38. The van der Waals surface area contributed by atoms with Gasteiger partial charge in [-0.25, -0.2) is 4.79 Å². The maximum absolute atomic E-state index is 10.6. The zero-order valence-electron chi connectivity index (χ0n) is 18.8. The monoisotopic (exact) mass is 438 g/mol. The van der Waals surface area contributed by atoms with Crippen molar-refractivity contribution in [2.75, 3.05) is 6.61 Å². The molecule has 1 aliphatic carbocycles. The topological polar surface area (TPSA) is 55.8 Å². The number of ether oxygens (including phenoxy) is 1. The van der Waals surface area contributed by atoms with E-state index >= 15 is 0 Å². The molecule has 1 N–H and O–H groups in total. The summed E-state index contributed by atoms with van der Waals surface area (Å²) in [6.45, 7) is 7.65. The molecule has 0 aliphatic heterocycles. The first kappa shape index (κ1) is 23.3. The molecule has 1 fully saturated rings. The molecule has 2 aromatic carbocycles. The molecule has 3 rings (SSSR count). The quantitative estimate of drug-likeness (QED) is 0.368. The van der Waals surface area contributed by atoms with Gasteiger partial charge in [-0.05, 0) is 47.0 Å². The normalized spacial score (nSPS) is 20.0. The van der Waals surface area contributed by atoms with Crippen LogP contribution >= 0.6 is 0 Å². The Hall–Kier alpha value is -2.37. The van der Waals surface area contributed by atoms with Crippen molar-refractivity contribution in [1.29, 1.82) is 0 Å². The second-order valence-electron chi connectivity index (χ2n) is 9.39. The Kier molecular flexibility index (Phi) is 7.73. The molecular formula is C26H34O4Si. The van der Waals surface area contributed by atoms with E-state index in [1.807, 2.05) is 0 Å². The van der Waals surface area contributed by atoms with Gasteiger partial charge in [-0.2, -0.15) is 0 Å². The fourth-order valence-electron chi connectivity index (χ4n) is 4.65. The fraction of sp³-hybridized carbons (Fsp3) is 0.423. The number of hydrogen-bond acceptors (Lipinski definition) is 3. The summed E-state index contributed by atoms with van der Waals surface area (Å²) in [6.07, 6.45) is 6.38. The van der Waals surface area contributed by atoms with E-state index in [9.17, 15) is 4.79 Å². The number of carboxylic acid groups (broad SMARTS) is 1. The minimum Gasteiger partial charge on any atom is -0.498 e. The van der Waals surface area contributed by atoms with Crippen molar-refractivity contribution in [3.8, 4) is 0 Å². The first-order valence-electron chi connectivity index (χ1n) is 11.1. The van der Waals surface area contributed by atoms with Crippen molar-refractivity contribution in [3.63, 3.8) is 0 Å². The molecule has 31 heavy (non-hydrogen) atoms. The molecule has 0 atom stereocenters. The van der Waals surface area contributed by atoms with Crippen LogP contribution in [0.5, 0.6) is 0 Å². The van der Waals surface area contributed by atoms with Gasteiger partial charge in [0.25, 0.3) is 8.32 Å². The van der Waals surface area contributed by atoms with Gasteiger partial charge < -0.3 is 14.3 Å². The molecule has 0 bridgehead atoms. The summed E-state index contributed by atoms with van der Waals surface area (Å²) in [5, 5.41) is 11.3. The average Bonchev–Trinajstić information content (AvgIpc) is 2.75. The van der Waals surface area contributed by atoms with Gasteiger partial charge >= 0.3 is 5.97 Å². The number of carboxylic acids is 1. The molecule has 2 aromatic rings. The van der Waals surface area contributed by atoms with E-state index in [1.165, 1.54) is 16.6 Å². The molecule has 4 nitrogen and oxygen atoms in total. The number of hydrogen-bond donors (Lipinski definition) is 1. The van der Waals surface area contributed by atoms with Crippen LogP contribution in [0, 0.1) is 5.92 Å². The first-order valence-corrected chi connectivity index (χ1v) is 13.0. The van der Waals surface area contributed by atoms with Crippen LogP contribution in [0.25, 0.3) is 0 Å². The van der Waals surface area contributed by atoms with Gasteiger partial charge in [0.1, 0.15) is 0 Å². The van der Waals surface area contributed by atoms with E-state index in [-0.39, 0.29) is 11.1 Å². The predicted molar refractivity (Wildman–Crippen MR) is 127 cm³/mol. The highest BCUT2D eigenvalue weighted by molar-refractivity contribution is 6.99. The summed E-state index contributed by atoms with van der Waals surface area (Å²) in [6, 6.07) is 21.5. The second-order valence-corrected chi connectivity index (χ2v) is 13.7. The Bertz CT molecular complexity index is 810. The zero-order chi connectivity index (χ0) is 22.3. The highest BCUT2D eigenvalue weighted by atomic mass is 28.4. The van der Waals surface area contributed by atoms with Crippen LogP contribution in [0.15, 0.2) is 73.0 Å². The largest absolute Gasteiger partial charge is 0.498 e. The summed E-state index contributed by atoms with van der Waals surface area (Å²) < 4.78 is 12.6. The molecule has 0 unspecified atom stereocenters. The minimum atomic E-state index is -2.49. The van der Waals surface area contributed by atoms with Crippen LogP contribution in [0.1, 0.15) is 46.5 Å². The fourth-order valence-corrected chi connectivity index (χ4v) is 9.29. The van der Waals surface area contributed by atoms with Gasteiger partial charge in [-0.3, -0.25) is 0 Å². The third-order valence-corrected chi connectivity index (χ3v) is 11.2. The molecule has 166 valence electrons. The van der Waals surface area contributed by atoms with Crippen molar-refractivity contribution in [3.05, 3.63) is 73.0 Å². The van der Waals surface area contributed by atoms with E-state index in [2.05, 4.69) is 81.4 Å². The van der Waals surface area contributed by atoms with E-state index in [1.54, 1.807) is 0 Å². The Morgan fingerprint density at radius 2 is 1.48 bits per heavy atom. The van der Waals surface area contributed by atoms with E-state index in [0.717, 1.165) is 38.4 Å². The van der Waals surface area contributed by atoms with Crippen molar-refractivity contribution in [2.24, 2.45) is 5.92 Å². The minimum absolute atomic E-state index is 0.0162. The van der Waals surface area contributed by atoms with Crippen LogP contribution in [0.2, 0.25) is 5.04 Å². The van der Waals surface area contributed by atoms with Crippen molar-refractivity contribution < 1.29 is 19.1 Å². The second kappa shape index (κ2) is 10.3. The Morgan fingerprint density at radius 1 is 0.968 bits per heavy atom. The molecule has 0 spiro atoms. The lowest BCUT2D eigenvalue weighted by molar-refractivity contribution is -0.131. The predicted octanol–water partition coefficient (Wildman–Crippen LogP) is 4.74. The van der Waals surface area contributed by atoms with Gasteiger partial charge in [0.15, 0.2) is 0 Å². The lowest BCUT2D eigenvalue weighted by Crippen LogP contribution is -2.67. The molecule has 1 aliphatic rings. The summed E-state index contributed by atoms with van der Waals surface area (Å²) >= 11 is 0. The van der Waals surface area contributed by atoms with Gasteiger partial charge in [0.05, 0.1) is 18.4 Å². The lowest BCUT2D eigenvalue weighted by atomic mass is 9.88. The Labute approximate surface area is 187 Å². The van der Waals surface area contributed by atoms with Crippen LogP contribution in [-0.4, -0.2) is 32.1 Å². The van der Waals surface area contributed by atoms with Crippen molar-refractivity contribution in [1.82, 2.24) is 0 Å². The summed E-state index contributed by atoms with van der Waals surface area (Å²) in [7, 11) is -2.49. The van der Waals surface area contributed by atoms with Gasteiger partial charge in [-0.15, -0.1) is 0 Å². The standard InChI is InChI=1S/C26H34O4Si/c1-26(2,3)31(23-10-6-4-7-11-23,24-12-8-5-9-13-24)30-20-21-14-16-22(17-15-21)29-19-18-25(27)28/h4-13,18-19,21-22H,14-17,20H2,1-3H3,(H,27,28)/b19-18+. The van der Waals surface area contributed by atoms with Crippen LogP contribution in [0.4, 0.5) is 0 Å². The molecule has 0 saturated heterocycles. The van der Waals surface area contributed by atoms with Crippen LogP contribution < -0.4 is 10.4 Å². The number of rotatable bonds is 8. The number of aliphatic carboxylic acids is 1. The van der Waals surface area contributed by atoms with E-state index in [0.29, 0.717) is 5.92 Å². The van der Waals surface area contributed by atoms with Crippen molar-refractivity contribution in [2.45, 2.75) is 57.6 Å². The maximum Gasteiger partial charge on any atom is 0.331 e. The third kappa shape index (κ3) is 5.66. The SMILES string of the molecule is CC(C)(C)[Si](OCC1CCC(O/C=C/C(=O)O)CC1)(c1ccccc1)c1ccccc1. The summed E-state index contributed by atoms with van der Waals surface area (Å²) in [4.78, 5) is 10.6. The van der Waals surface area contributed by atoms with Gasteiger partial charge in [0, 0.05) is 6.61 Å². The maximum atomic E-state index is 10.6. The molecule has 5 heteroatoms. The Morgan fingerprint density at radius 3 is 1.94 bits per heavy atom. The van der Waals surface area contributed by atoms with Crippen LogP contribution in [0.3, 0.4) is 0 Å². The Balaban J connectivity index is 1.76.